The van der Waals surface area contributed by atoms with E-state index in [4.69, 9.17) is 11.8 Å². The average Bonchev–Trinajstić information content (AvgIpc) is 2.74. The lowest BCUT2D eigenvalue weighted by Crippen LogP contribution is -3.00. The Hall–Kier alpha value is -1.55. The molecule has 3 aromatic carbocycles. The van der Waals surface area contributed by atoms with E-state index in [1.165, 1.54) is 32.4 Å². The van der Waals surface area contributed by atoms with E-state index >= 15 is 0 Å². The molecule has 0 aliphatic carbocycles. The summed E-state index contributed by atoms with van der Waals surface area (Å²) in [7, 11) is 0. The van der Waals surface area contributed by atoms with E-state index in [1.807, 2.05) is 0 Å². The van der Waals surface area contributed by atoms with Crippen LogP contribution in [0, 0.1) is 6.92 Å². The van der Waals surface area contributed by atoms with Crippen LogP contribution in [-0.4, -0.2) is 0 Å². The van der Waals surface area contributed by atoms with E-state index in [0.717, 1.165) is 6.54 Å². The summed E-state index contributed by atoms with van der Waals surface area (Å²) in [5.74, 6) is 0. The maximum atomic E-state index is 6.47. The zero-order valence-corrected chi connectivity index (χ0v) is 19.9. The molecule has 1 nitrogen and oxygen atoms in total. The molecular weight excluding hydrogens is 492 g/mol. The van der Waals surface area contributed by atoms with Crippen molar-refractivity contribution in [3.05, 3.63) is 96.7 Å². The fourth-order valence-corrected chi connectivity index (χ4v) is 7.40. The second kappa shape index (κ2) is 8.86. The Kier molecular flexibility index (Phi) is 6.69. The van der Waals surface area contributed by atoms with Gasteiger partial charge in [-0.25, -0.2) is 0 Å². The van der Waals surface area contributed by atoms with Crippen molar-refractivity contribution in [2.75, 3.05) is 0 Å². The van der Waals surface area contributed by atoms with E-state index < -0.39 is 6.04 Å². The Bertz CT molecular complexity index is 1100. The van der Waals surface area contributed by atoms with Gasteiger partial charge in [-0.3, -0.25) is 0 Å². The summed E-state index contributed by atoms with van der Waals surface area (Å²) in [4.78, 5) is 0. The van der Waals surface area contributed by atoms with Gasteiger partial charge >= 0.3 is 0 Å². The lowest BCUT2D eigenvalue weighted by atomic mass is 10.1. The molecule has 0 bridgehead atoms. The molecule has 28 heavy (non-hydrogen) atoms. The lowest BCUT2D eigenvalue weighted by molar-refractivity contribution is -0.667. The molecule has 4 rings (SSSR count). The average molecular weight is 515 g/mol. The highest BCUT2D eigenvalue weighted by Crippen LogP contribution is 2.43. The maximum absolute atomic E-state index is 6.47. The van der Waals surface area contributed by atoms with E-state index in [0.29, 0.717) is 0 Å². The molecular formula is C24H23INPS. The number of benzene rings is 3. The normalized spacial score (nSPS) is 11.2. The number of nitrogens with zero attached hydrogens (tertiary/aromatic N) is 1. The van der Waals surface area contributed by atoms with Gasteiger partial charge < -0.3 is 24.0 Å². The van der Waals surface area contributed by atoms with Crippen molar-refractivity contribution in [3.8, 4) is 0 Å². The van der Waals surface area contributed by atoms with Crippen LogP contribution in [0.4, 0.5) is 0 Å². The molecule has 1 aromatic heterocycles. The number of hydrogen-bond acceptors (Lipinski definition) is 1. The summed E-state index contributed by atoms with van der Waals surface area (Å²) < 4.78 is 2.29. The number of aromatic nitrogens is 1. The SMILES string of the molecule is CC[n+]1ccc(C)c2cc(P(=S)(c3ccccc3)c3ccccc3)ccc21.[I-]. The van der Waals surface area contributed by atoms with Gasteiger partial charge in [0.2, 0.25) is 5.52 Å². The van der Waals surface area contributed by atoms with Gasteiger partial charge in [0, 0.05) is 23.6 Å². The van der Waals surface area contributed by atoms with Gasteiger partial charge in [0.25, 0.3) is 0 Å². The van der Waals surface area contributed by atoms with Crippen molar-refractivity contribution >= 4 is 44.7 Å². The van der Waals surface area contributed by atoms with Crippen molar-refractivity contribution in [2.24, 2.45) is 0 Å². The largest absolute Gasteiger partial charge is 1.00 e. The molecule has 0 unspecified atom stereocenters. The Morgan fingerprint density at radius 3 is 1.89 bits per heavy atom. The summed E-state index contributed by atoms with van der Waals surface area (Å²) in [6.07, 6.45) is 2.17. The third kappa shape index (κ3) is 3.68. The van der Waals surface area contributed by atoms with Crippen LogP contribution in [-0.2, 0) is 18.4 Å². The summed E-state index contributed by atoms with van der Waals surface area (Å²) in [5, 5.41) is 5.02. The molecule has 0 atom stereocenters. The van der Waals surface area contributed by atoms with Gasteiger partial charge in [-0.15, -0.1) is 0 Å². The van der Waals surface area contributed by atoms with Crippen molar-refractivity contribution < 1.29 is 28.5 Å². The van der Waals surface area contributed by atoms with Crippen molar-refractivity contribution in [2.45, 2.75) is 20.4 Å². The quantitative estimate of drug-likeness (QED) is 0.225. The van der Waals surface area contributed by atoms with Crippen LogP contribution >= 0.6 is 6.04 Å². The number of fused-ring (bicyclic) bond motifs is 1. The third-order valence-electron chi connectivity index (χ3n) is 5.16. The predicted molar refractivity (Wildman–Crippen MR) is 121 cm³/mol. The van der Waals surface area contributed by atoms with E-state index in [1.54, 1.807) is 0 Å². The molecule has 0 N–H and O–H groups in total. The van der Waals surface area contributed by atoms with Gasteiger partial charge in [-0.05, 0) is 47.5 Å². The van der Waals surface area contributed by atoms with Crippen molar-refractivity contribution in [1.82, 2.24) is 0 Å². The summed E-state index contributed by atoms with van der Waals surface area (Å²) in [6.45, 7) is 5.32. The summed E-state index contributed by atoms with van der Waals surface area (Å²) >= 11 is 6.47. The van der Waals surface area contributed by atoms with Gasteiger partial charge in [0.05, 0.1) is 0 Å². The first-order valence-corrected chi connectivity index (χ1v) is 12.1. The zero-order valence-electron chi connectivity index (χ0n) is 16.0. The molecule has 0 fully saturated rings. The first-order valence-electron chi connectivity index (χ1n) is 9.29. The molecule has 1 heterocycles. The van der Waals surface area contributed by atoms with Crippen LogP contribution in [0.3, 0.4) is 0 Å². The van der Waals surface area contributed by atoms with Crippen LogP contribution in [0.25, 0.3) is 10.9 Å². The Labute approximate surface area is 189 Å². The molecule has 0 saturated heterocycles. The molecule has 0 spiro atoms. The highest BCUT2D eigenvalue weighted by Gasteiger charge is 2.25. The van der Waals surface area contributed by atoms with Crippen molar-refractivity contribution in [3.63, 3.8) is 0 Å². The van der Waals surface area contributed by atoms with Crippen LogP contribution in [0.15, 0.2) is 91.1 Å². The Morgan fingerprint density at radius 2 is 1.36 bits per heavy atom. The zero-order chi connectivity index (χ0) is 18.9. The van der Waals surface area contributed by atoms with E-state index in [2.05, 4.69) is 110 Å². The number of rotatable bonds is 4. The minimum absolute atomic E-state index is 0. The molecule has 0 radical (unpaired) electrons. The molecule has 0 aliphatic heterocycles. The van der Waals surface area contributed by atoms with Crippen LogP contribution in [0.1, 0.15) is 12.5 Å². The van der Waals surface area contributed by atoms with Crippen LogP contribution in [0.2, 0.25) is 0 Å². The first kappa shape index (κ1) is 21.2. The highest BCUT2D eigenvalue weighted by atomic mass is 127. The maximum Gasteiger partial charge on any atom is 0.212 e. The minimum Gasteiger partial charge on any atom is -1.00 e. The predicted octanol–water partition coefficient (Wildman–Crippen LogP) is 1.22. The lowest BCUT2D eigenvalue weighted by Gasteiger charge is -2.24. The van der Waals surface area contributed by atoms with Crippen LogP contribution in [0.5, 0.6) is 0 Å². The Morgan fingerprint density at radius 1 is 0.786 bits per heavy atom. The summed E-state index contributed by atoms with van der Waals surface area (Å²) in [6, 6.07) is 28.1. The third-order valence-corrected chi connectivity index (χ3v) is 10.1. The standard InChI is InChI=1S/C24H23NPS.HI/c1-3-25-17-16-19(2)23-18-22(14-15-24(23)25)26(27,20-10-6-4-7-11-20)21-12-8-5-9-13-21;/h4-18H,3H2,1-2H3;1H/q+1;/p-1. The number of pyridine rings is 1. The number of aryl methyl sites for hydroxylation is 2. The Balaban J connectivity index is 0.00000225. The second-order valence-electron chi connectivity index (χ2n) is 6.77. The van der Waals surface area contributed by atoms with Gasteiger partial charge in [0.1, 0.15) is 6.54 Å². The topological polar surface area (TPSA) is 3.88 Å². The second-order valence-corrected chi connectivity index (χ2v) is 11.2. The highest BCUT2D eigenvalue weighted by molar-refractivity contribution is 8.25. The van der Waals surface area contributed by atoms with E-state index in [9.17, 15) is 0 Å². The fraction of sp³-hybridized carbons (Fsp3) is 0.125. The van der Waals surface area contributed by atoms with Crippen LogP contribution < -0.4 is 44.5 Å². The fourth-order valence-electron chi connectivity index (χ4n) is 3.66. The molecule has 4 heteroatoms. The summed E-state index contributed by atoms with van der Waals surface area (Å²) in [5.41, 5.74) is 2.56. The molecule has 0 aliphatic rings. The first-order chi connectivity index (χ1) is 13.1. The number of halogens is 1. The van der Waals surface area contributed by atoms with E-state index in [-0.39, 0.29) is 24.0 Å². The monoisotopic (exact) mass is 515 g/mol. The molecule has 0 saturated carbocycles. The smallest absolute Gasteiger partial charge is 0.212 e. The van der Waals surface area contributed by atoms with Gasteiger partial charge in [-0.2, -0.15) is 4.57 Å². The van der Waals surface area contributed by atoms with Crippen molar-refractivity contribution in [1.29, 1.82) is 0 Å². The van der Waals surface area contributed by atoms with Gasteiger partial charge in [-0.1, -0.05) is 72.5 Å². The molecule has 4 aromatic rings. The van der Waals surface area contributed by atoms with Gasteiger partial charge in [0.15, 0.2) is 6.20 Å². The minimum atomic E-state index is -2.10. The number of hydrogen-bond donors (Lipinski definition) is 0. The molecule has 0 amide bonds. The molecule has 142 valence electrons.